The van der Waals surface area contributed by atoms with E-state index in [2.05, 4.69) is 420 Å². The Labute approximate surface area is 609 Å². The first-order valence-electron chi connectivity index (χ1n) is 34.8. The highest BCUT2D eigenvalue weighted by Gasteiger charge is 2.44. The van der Waals surface area contributed by atoms with Gasteiger partial charge in [-0.05, 0) is 204 Å². The Kier molecular flexibility index (Phi) is 17.2. The van der Waals surface area contributed by atoms with Crippen molar-refractivity contribution in [3.05, 3.63) is 419 Å². The van der Waals surface area contributed by atoms with Gasteiger partial charge in [-0.3, -0.25) is 0 Å². The summed E-state index contributed by atoms with van der Waals surface area (Å²) in [5.41, 5.74) is 35.4. The van der Waals surface area contributed by atoms with Crippen molar-refractivity contribution in [1.29, 1.82) is 0 Å². The lowest BCUT2D eigenvalue weighted by atomic mass is 9.69. The Morgan fingerprint density at radius 2 is 0.327 bits per heavy atom. The SMILES string of the molecule is Brc1ccc2c(c1)C(Cc1ccc(-c3c(-c4ccccc4)c(-c4ccccc4)c(-c4ccccc4)c(-c4ccccc4)c3-c3ccccc3)cc1)(Cc1ccc(-c3c(-c4ccccc4)c(-c4ccccc4)c(-c4ccccc4)c(-c4ccccc4)c3-c3ccccc3)cc1)c1cc(Br)ccc1-2. The van der Waals surface area contributed by atoms with Crippen LogP contribution >= 0.6 is 31.9 Å². The molecule has 0 fully saturated rings. The van der Waals surface area contributed by atoms with Gasteiger partial charge in [0.1, 0.15) is 0 Å². The number of rotatable bonds is 16. The quantitative estimate of drug-likeness (QED) is 0.0904. The van der Waals surface area contributed by atoms with Crippen LogP contribution in [0.2, 0.25) is 0 Å². The fraction of sp³-hybridized carbons (Fsp3) is 0.0303. The molecule has 0 saturated carbocycles. The minimum absolute atomic E-state index is 0.493. The van der Waals surface area contributed by atoms with Crippen LogP contribution in [0.3, 0.4) is 0 Å². The molecule has 0 aromatic heterocycles. The van der Waals surface area contributed by atoms with Gasteiger partial charge in [-0.2, -0.15) is 0 Å². The van der Waals surface area contributed by atoms with E-state index >= 15 is 0 Å². The zero-order chi connectivity index (χ0) is 67.6. The molecule has 0 unspecified atom stereocenters. The van der Waals surface area contributed by atoms with Crippen molar-refractivity contribution in [3.8, 4) is 145 Å². The van der Waals surface area contributed by atoms with E-state index in [1.54, 1.807) is 0 Å². The van der Waals surface area contributed by atoms with Crippen LogP contribution in [-0.4, -0.2) is 0 Å². The van der Waals surface area contributed by atoms with Crippen molar-refractivity contribution < 1.29 is 0 Å². The zero-order valence-electron chi connectivity index (χ0n) is 55.6. The molecule has 17 rings (SSSR count). The monoisotopic (exact) mass is 1410 g/mol. The first-order valence-corrected chi connectivity index (χ1v) is 36.4. The molecule has 1 aliphatic rings. The molecule has 0 saturated heterocycles. The Balaban J connectivity index is 0.879. The standard InChI is InChI=1S/C99H68Br2/c100-81-59-61-83-84-62-60-82(101)64-86(84)99(85(83)63-81,65-67-51-55-79(56-52-67)97-93(75-43-23-7-24-44-75)89(71-35-15-3-16-36-71)87(69-31-11-1-12-32-69)90(72-37-17-4-18-38-72)94(97)76-45-25-8-26-46-76)66-68-53-57-80(58-54-68)98-95(77-47-27-9-28-48-77)91(73-39-19-5-20-40-73)88(70-33-13-2-14-34-70)92(74-41-21-6-22-42-74)96(98)78-49-29-10-30-50-78/h1-64H,65-66H2. The summed E-state index contributed by atoms with van der Waals surface area (Å²) in [6.45, 7) is 0. The summed E-state index contributed by atoms with van der Waals surface area (Å²) in [4.78, 5) is 0. The maximum Gasteiger partial charge on any atom is 0.0296 e. The van der Waals surface area contributed by atoms with E-state index in [0.29, 0.717) is 0 Å². The molecule has 0 amide bonds. The normalized spacial score (nSPS) is 12.0. The lowest BCUT2D eigenvalue weighted by molar-refractivity contribution is 0.519. The predicted molar refractivity (Wildman–Crippen MR) is 434 cm³/mol. The van der Waals surface area contributed by atoms with E-state index in [1.807, 2.05) is 0 Å². The van der Waals surface area contributed by atoms with Gasteiger partial charge in [-0.25, -0.2) is 0 Å². The molecule has 0 nitrogen and oxygen atoms in total. The van der Waals surface area contributed by atoms with Gasteiger partial charge in [0.25, 0.3) is 0 Å². The lowest BCUT2D eigenvalue weighted by Crippen LogP contribution is -2.31. The van der Waals surface area contributed by atoms with Crippen LogP contribution in [0.5, 0.6) is 0 Å². The van der Waals surface area contributed by atoms with E-state index in [9.17, 15) is 0 Å². The summed E-state index contributed by atoms with van der Waals surface area (Å²) < 4.78 is 2.12. The number of hydrogen-bond acceptors (Lipinski definition) is 0. The van der Waals surface area contributed by atoms with Gasteiger partial charge in [-0.1, -0.05) is 396 Å². The van der Waals surface area contributed by atoms with E-state index in [1.165, 1.54) is 100 Å². The topological polar surface area (TPSA) is 0 Å². The summed E-state index contributed by atoms with van der Waals surface area (Å²) in [7, 11) is 0. The van der Waals surface area contributed by atoms with Crippen LogP contribution in [0.15, 0.2) is 397 Å². The molecule has 478 valence electrons. The Morgan fingerprint density at radius 3 is 0.495 bits per heavy atom. The summed E-state index contributed by atoms with van der Waals surface area (Å²) in [6.07, 6.45) is 1.49. The molecule has 0 bridgehead atoms. The molecule has 16 aromatic rings. The molecular weight excluding hydrogens is 1350 g/mol. The van der Waals surface area contributed by atoms with Crippen LogP contribution < -0.4 is 0 Å². The summed E-state index contributed by atoms with van der Waals surface area (Å²) in [5, 5.41) is 0. The van der Waals surface area contributed by atoms with Crippen molar-refractivity contribution in [1.82, 2.24) is 0 Å². The molecule has 0 radical (unpaired) electrons. The second-order valence-corrected chi connectivity index (χ2v) is 28.2. The van der Waals surface area contributed by atoms with Crippen molar-refractivity contribution in [2.75, 3.05) is 0 Å². The lowest BCUT2D eigenvalue weighted by Gasteiger charge is -2.33. The van der Waals surface area contributed by atoms with Crippen LogP contribution in [0.4, 0.5) is 0 Å². The summed E-state index contributed by atoms with van der Waals surface area (Å²) in [6, 6.07) is 144. The summed E-state index contributed by atoms with van der Waals surface area (Å²) >= 11 is 8.08. The maximum absolute atomic E-state index is 4.04. The number of halogens is 2. The molecule has 16 aromatic carbocycles. The summed E-state index contributed by atoms with van der Waals surface area (Å²) in [5.74, 6) is 0. The van der Waals surface area contributed by atoms with Crippen LogP contribution in [0, 0.1) is 0 Å². The second kappa shape index (κ2) is 27.7. The number of hydrogen-bond donors (Lipinski definition) is 0. The van der Waals surface area contributed by atoms with Crippen molar-refractivity contribution >= 4 is 31.9 Å². The second-order valence-electron chi connectivity index (χ2n) is 26.4. The van der Waals surface area contributed by atoms with Crippen LogP contribution in [0.25, 0.3) is 145 Å². The smallest absolute Gasteiger partial charge is 0.0296 e. The molecule has 0 aliphatic heterocycles. The molecular formula is C99H68Br2. The highest BCUT2D eigenvalue weighted by Crippen LogP contribution is 2.60. The predicted octanol–water partition coefficient (Wildman–Crippen LogP) is 28.0. The van der Waals surface area contributed by atoms with Gasteiger partial charge in [-0.15, -0.1) is 0 Å². The average molecular weight is 1420 g/mol. The van der Waals surface area contributed by atoms with Gasteiger partial charge in [0.05, 0.1) is 0 Å². The third-order valence-corrected chi connectivity index (χ3v) is 21.4. The van der Waals surface area contributed by atoms with E-state index in [0.717, 1.165) is 88.5 Å². The molecule has 0 atom stereocenters. The van der Waals surface area contributed by atoms with Gasteiger partial charge in [0, 0.05) is 14.4 Å². The number of benzene rings is 16. The average Bonchev–Trinajstić information content (AvgIpc) is 1.11. The Hall–Kier alpha value is -11.5. The number of fused-ring (bicyclic) bond motifs is 3. The van der Waals surface area contributed by atoms with Crippen LogP contribution in [-0.2, 0) is 18.3 Å². The first kappa shape index (κ1) is 63.0. The van der Waals surface area contributed by atoms with Crippen molar-refractivity contribution in [2.45, 2.75) is 18.3 Å². The highest BCUT2D eigenvalue weighted by atomic mass is 79.9. The maximum atomic E-state index is 4.04. The fourth-order valence-electron chi connectivity index (χ4n) is 16.2. The Bertz CT molecular complexity index is 5050. The molecule has 101 heavy (non-hydrogen) atoms. The minimum Gasteiger partial charge on any atom is -0.0622 e. The largest absolute Gasteiger partial charge is 0.0622 e. The molecule has 0 N–H and O–H groups in total. The molecule has 0 spiro atoms. The molecule has 1 aliphatic carbocycles. The third-order valence-electron chi connectivity index (χ3n) is 20.4. The van der Waals surface area contributed by atoms with Crippen molar-refractivity contribution in [2.24, 2.45) is 0 Å². The van der Waals surface area contributed by atoms with E-state index in [-0.39, 0.29) is 0 Å². The third kappa shape index (κ3) is 11.8. The van der Waals surface area contributed by atoms with Crippen LogP contribution in [0.1, 0.15) is 22.3 Å². The molecule has 2 heteroatoms. The van der Waals surface area contributed by atoms with Gasteiger partial charge >= 0.3 is 0 Å². The minimum atomic E-state index is -0.493. The van der Waals surface area contributed by atoms with Crippen molar-refractivity contribution in [3.63, 3.8) is 0 Å². The highest BCUT2D eigenvalue weighted by molar-refractivity contribution is 9.10. The van der Waals surface area contributed by atoms with Gasteiger partial charge < -0.3 is 0 Å². The first-order chi connectivity index (χ1) is 50.0. The molecule has 0 heterocycles. The van der Waals surface area contributed by atoms with Gasteiger partial charge in [0.2, 0.25) is 0 Å². The van der Waals surface area contributed by atoms with Gasteiger partial charge in [0.15, 0.2) is 0 Å². The Morgan fingerprint density at radius 1 is 0.168 bits per heavy atom. The van der Waals surface area contributed by atoms with E-state index < -0.39 is 5.41 Å². The fourth-order valence-corrected chi connectivity index (χ4v) is 16.9. The van der Waals surface area contributed by atoms with E-state index in [4.69, 9.17) is 0 Å². The zero-order valence-corrected chi connectivity index (χ0v) is 58.8.